The normalized spacial score (nSPS) is 29.4. The van der Waals surface area contributed by atoms with Crippen molar-refractivity contribution in [1.82, 2.24) is 4.90 Å². The summed E-state index contributed by atoms with van der Waals surface area (Å²) in [6, 6.07) is 2.00. The second-order valence-electron chi connectivity index (χ2n) is 3.90. The lowest BCUT2D eigenvalue weighted by molar-refractivity contribution is -0.139. The molecular weight excluding hydrogens is 182 g/mol. The van der Waals surface area contributed by atoms with Gasteiger partial charge in [0.25, 0.3) is 0 Å². The molecule has 0 radical (unpaired) electrons. The Morgan fingerprint density at radius 3 is 2.93 bits per heavy atom. The largest absolute Gasteiger partial charge is 0.360 e. The van der Waals surface area contributed by atoms with E-state index in [1.54, 1.807) is 4.90 Å². The van der Waals surface area contributed by atoms with Crippen LogP contribution in [0, 0.1) is 11.3 Å². The Kier molecular flexibility index (Phi) is 2.17. The van der Waals surface area contributed by atoms with Gasteiger partial charge < -0.3 is 15.4 Å². The highest BCUT2D eigenvalue weighted by Gasteiger charge is 2.48. The molecule has 5 heteroatoms. The zero-order valence-electron chi connectivity index (χ0n) is 7.90. The standard InChI is InChI=1S/C9H13N3O2/c10-5-7-6-12(3-4-14-7)8(13)9(11)1-2-9/h7H,1-4,6,11H2. The van der Waals surface area contributed by atoms with Crippen LogP contribution >= 0.6 is 0 Å². The van der Waals surface area contributed by atoms with Gasteiger partial charge in [0.05, 0.1) is 24.8 Å². The number of nitrogens with two attached hydrogens (primary N) is 1. The van der Waals surface area contributed by atoms with Crippen LogP contribution in [0.25, 0.3) is 0 Å². The number of carbonyl (C=O) groups excluding carboxylic acids is 1. The van der Waals surface area contributed by atoms with Crippen molar-refractivity contribution >= 4 is 5.91 Å². The first-order valence-electron chi connectivity index (χ1n) is 4.75. The Morgan fingerprint density at radius 2 is 2.36 bits per heavy atom. The first-order valence-corrected chi connectivity index (χ1v) is 4.75. The summed E-state index contributed by atoms with van der Waals surface area (Å²) in [6.07, 6.45) is 1.04. The van der Waals surface area contributed by atoms with Crippen molar-refractivity contribution in [3.63, 3.8) is 0 Å². The predicted octanol–water partition coefficient (Wildman–Crippen LogP) is -0.771. The maximum Gasteiger partial charge on any atom is 0.242 e. The molecule has 2 fully saturated rings. The molecule has 1 aliphatic carbocycles. The molecule has 0 aromatic carbocycles. The van der Waals surface area contributed by atoms with Gasteiger partial charge in [-0.1, -0.05) is 0 Å². The number of nitriles is 1. The molecule has 1 amide bonds. The van der Waals surface area contributed by atoms with Crippen molar-refractivity contribution in [2.24, 2.45) is 5.73 Å². The van der Waals surface area contributed by atoms with Gasteiger partial charge >= 0.3 is 0 Å². The van der Waals surface area contributed by atoms with Crippen molar-refractivity contribution in [3.05, 3.63) is 0 Å². The number of rotatable bonds is 1. The maximum absolute atomic E-state index is 11.8. The SMILES string of the molecule is N#CC1CN(C(=O)C2(N)CC2)CCO1. The first-order chi connectivity index (χ1) is 6.65. The second kappa shape index (κ2) is 3.23. The first kappa shape index (κ1) is 9.44. The minimum Gasteiger partial charge on any atom is -0.360 e. The molecule has 1 aliphatic heterocycles. The van der Waals surface area contributed by atoms with Crippen molar-refractivity contribution in [2.45, 2.75) is 24.5 Å². The third-order valence-electron chi connectivity index (χ3n) is 2.71. The van der Waals surface area contributed by atoms with Gasteiger partial charge in [-0.2, -0.15) is 5.26 Å². The molecule has 76 valence electrons. The predicted molar refractivity (Wildman–Crippen MR) is 48.1 cm³/mol. The van der Waals surface area contributed by atoms with Crippen LogP contribution in [0.1, 0.15) is 12.8 Å². The zero-order chi connectivity index (χ0) is 10.2. The van der Waals surface area contributed by atoms with Gasteiger partial charge in [0.2, 0.25) is 5.91 Å². The molecular formula is C9H13N3O2. The number of nitrogens with zero attached hydrogens (tertiary/aromatic N) is 2. The lowest BCUT2D eigenvalue weighted by Crippen LogP contribution is -2.52. The molecule has 0 aromatic rings. The Labute approximate surface area is 82.4 Å². The molecule has 5 nitrogen and oxygen atoms in total. The van der Waals surface area contributed by atoms with Gasteiger partial charge in [-0.05, 0) is 12.8 Å². The highest BCUT2D eigenvalue weighted by atomic mass is 16.5. The van der Waals surface area contributed by atoms with Crippen molar-refractivity contribution in [1.29, 1.82) is 5.26 Å². The molecule has 0 aromatic heterocycles. The summed E-state index contributed by atoms with van der Waals surface area (Å²) < 4.78 is 5.14. The van der Waals surface area contributed by atoms with E-state index in [4.69, 9.17) is 15.7 Å². The minimum absolute atomic E-state index is 0.0268. The summed E-state index contributed by atoms with van der Waals surface area (Å²) in [7, 11) is 0. The fourth-order valence-electron chi connectivity index (χ4n) is 1.58. The van der Waals surface area contributed by atoms with Crippen molar-refractivity contribution in [2.75, 3.05) is 19.7 Å². The zero-order valence-corrected chi connectivity index (χ0v) is 7.90. The van der Waals surface area contributed by atoms with E-state index in [0.29, 0.717) is 19.7 Å². The van der Waals surface area contributed by atoms with Crippen LogP contribution in [-0.4, -0.2) is 42.1 Å². The summed E-state index contributed by atoms with van der Waals surface area (Å²) in [5, 5.41) is 8.66. The highest BCUT2D eigenvalue weighted by Crippen LogP contribution is 2.34. The molecule has 2 N–H and O–H groups in total. The molecule has 0 spiro atoms. The summed E-state index contributed by atoms with van der Waals surface area (Å²) in [5.74, 6) is -0.0268. The summed E-state index contributed by atoms with van der Waals surface area (Å²) in [6.45, 7) is 1.34. The molecule has 1 heterocycles. The summed E-state index contributed by atoms with van der Waals surface area (Å²) in [4.78, 5) is 13.4. The van der Waals surface area contributed by atoms with Crippen LogP contribution in [0.3, 0.4) is 0 Å². The van der Waals surface area contributed by atoms with E-state index in [0.717, 1.165) is 12.8 Å². The molecule has 1 unspecified atom stereocenters. The smallest absolute Gasteiger partial charge is 0.242 e. The number of ether oxygens (including phenoxy) is 1. The van der Waals surface area contributed by atoms with E-state index in [1.807, 2.05) is 6.07 Å². The van der Waals surface area contributed by atoms with Gasteiger partial charge in [0.1, 0.15) is 0 Å². The van der Waals surface area contributed by atoms with Gasteiger partial charge in [0, 0.05) is 6.54 Å². The average molecular weight is 195 g/mol. The highest BCUT2D eigenvalue weighted by molar-refractivity contribution is 5.89. The maximum atomic E-state index is 11.8. The van der Waals surface area contributed by atoms with E-state index in [2.05, 4.69) is 0 Å². The Bertz CT molecular complexity index is 293. The van der Waals surface area contributed by atoms with Gasteiger partial charge in [-0.25, -0.2) is 0 Å². The van der Waals surface area contributed by atoms with E-state index >= 15 is 0 Å². The Morgan fingerprint density at radius 1 is 1.64 bits per heavy atom. The Balaban J connectivity index is 1.98. The Hall–Kier alpha value is -1.12. The summed E-state index contributed by atoms with van der Waals surface area (Å²) >= 11 is 0. The number of amides is 1. The molecule has 1 saturated heterocycles. The molecule has 1 atom stereocenters. The number of hydrogen-bond donors (Lipinski definition) is 1. The van der Waals surface area contributed by atoms with E-state index in [1.165, 1.54) is 0 Å². The quantitative estimate of drug-likeness (QED) is 0.595. The van der Waals surface area contributed by atoms with Crippen LogP contribution in [0.2, 0.25) is 0 Å². The third-order valence-corrected chi connectivity index (χ3v) is 2.71. The van der Waals surface area contributed by atoms with Crippen LogP contribution in [0.4, 0.5) is 0 Å². The third kappa shape index (κ3) is 1.59. The second-order valence-corrected chi connectivity index (χ2v) is 3.90. The van der Waals surface area contributed by atoms with Crippen LogP contribution in [0.5, 0.6) is 0 Å². The number of morpholine rings is 1. The number of carbonyl (C=O) groups is 1. The molecule has 2 rings (SSSR count). The van der Waals surface area contributed by atoms with Crippen molar-refractivity contribution in [3.8, 4) is 6.07 Å². The molecule has 1 saturated carbocycles. The fourth-order valence-corrected chi connectivity index (χ4v) is 1.58. The lowest BCUT2D eigenvalue weighted by Gasteiger charge is -2.31. The molecule has 0 bridgehead atoms. The van der Waals surface area contributed by atoms with Crippen LogP contribution in [0.15, 0.2) is 0 Å². The van der Waals surface area contributed by atoms with Gasteiger partial charge in [-0.15, -0.1) is 0 Å². The molecule has 14 heavy (non-hydrogen) atoms. The monoisotopic (exact) mass is 195 g/mol. The minimum atomic E-state index is -0.628. The number of hydrogen-bond acceptors (Lipinski definition) is 4. The average Bonchev–Trinajstić information content (AvgIpc) is 2.97. The van der Waals surface area contributed by atoms with E-state index in [9.17, 15) is 4.79 Å². The van der Waals surface area contributed by atoms with Crippen LogP contribution in [-0.2, 0) is 9.53 Å². The van der Waals surface area contributed by atoms with E-state index in [-0.39, 0.29) is 5.91 Å². The topological polar surface area (TPSA) is 79.4 Å². The van der Waals surface area contributed by atoms with Gasteiger partial charge in [0.15, 0.2) is 6.10 Å². The van der Waals surface area contributed by atoms with Gasteiger partial charge in [-0.3, -0.25) is 4.79 Å². The van der Waals surface area contributed by atoms with Crippen LogP contribution < -0.4 is 5.73 Å². The summed E-state index contributed by atoms with van der Waals surface area (Å²) in [5.41, 5.74) is 5.17. The molecule has 2 aliphatic rings. The van der Waals surface area contributed by atoms with E-state index < -0.39 is 11.6 Å². The lowest BCUT2D eigenvalue weighted by atomic mass is 10.2. The fraction of sp³-hybridized carbons (Fsp3) is 0.778. The van der Waals surface area contributed by atoms with Crippen molar-refractivity contribution < 1.29 is 9.53 Å².